The van der Waals surface area contributed by atoms with Gasteiger partial charge in [0, 0.05) is 15.6 Å². The molecule has 0 aliphatic rings. The topological polar surface area (TPSA) is 35.5 Å². The van der Waals surface area contributed by atoms with Crippen molar-refractivity contribution in [3.63, 3.8) is 0 Å². The van der Waals surface area contributed by atoms with Crippen LogP contribution in [0.1, 0.15) is 15.9 Å². The molecule has 24 heavy (non-hydrogen) atoms. The summed E-state index contributed by atoms with van der Waals surface area (Å²) in [5, 5.41) is 2.84. The van der Waals surface area contributed by atoms with Gasteiger partial charge in [0.05, 0.1) is 7.11 Å². The van der Waals surface area contributed by atoms with Crippen LogP contribution in [0.3, 0.4) is 0 Å². The average molecular weight is 361 g/mol. The van der Waals surface area contributed by atoms with E-state index in [2.05, 4.69) is 0 Å². The van der Waals surface area contributed by atoms with Gasteiger partial charge in [-0.3, -0.25) is 0 Å². The molecule has 3 aromatic carbocycles. The Balaban J connectivity index is 1.88. The second kappa shape index (κ2) is 7.12. The molecule has 0 fully saturated rings. The number of halogens is 2. The zero-order valence-electron chi connectivity index (χ0n) is 12.9. The fourth-order valence-electron chi connectivity index (χ4n) is 2.43. The van der Waals surface area contributed by atoms with Gasteiger partial charge < -0.3 is 9.47 Å². The van der Waals surface area contributed by atoms with Gasteiger partial charge in [-0.1, -0.05) is 53.5 Å². The number of methoxy groups -OCH3 is 1. The van der Waals surface area contributed by atoms with Crippen LogP contribution in [0.25, 0.3) is 10.8 Å². The highest BCUT2D eigenvalue weighted by Crippen LogP contribution is 2.28. The second-order valence-corrected chi connectivity index (χ2v) is 5.99. The van der Waals surface area contributed by atoms with Gasteiger partial charge in [-0.25, -0.2) is 4.79 Å². The number of hydrogen-bond acceptors (Lipinski definition) is 3. The lowest BCUT2D eigenvalue weighted by molar-refractivity contribution is 0.0469. The lowest BCUT2D eigenvalue weighted by Crippen LogP contribution is -2.08. The van der Waals surface area contributed by atoms with Crippen LogP contribution in [-0.2, 0) is 11.3 Å². The van der Waals surface area contributed by atoms with Crippen molar-refractivity contribution in [2.45, 2.75) is 6.61 Å². The van der Waals surface area contributed by atoms with Crippen LogP contribution < -0.4 is 4.74 Å². The van der Waals surface area contributed by atoms with E-state index >= 15 is 0 Å². The van der Waals surface area contributed by atoms with E-state index < -0.39 is 5.97 Å². The molecule has 0 aliphatic heterocycles. The van der Waals surface area contributed by atoms with Crippen molar-refractivity contribution in [1.29, 1.82) is 0 Å². The predicted molar refractivity (Wildman–Crippen MR) is 96.1 cm³/mol. The Kier molecular flexibility index (Phi) is 4.93. The van der Waals surface area contributed by atoms with E-state index in [-0.39, 0.29) is 6.61 Å². The van der Waals surface area contributed by atoms with Crippen LogP contribution >= 0.6 is 23.2 Å². The van der Waals surface area contributed by atoms with Crippen LogP contribution in [-0.4, -0.2) is 13.1 Å². The van der Waals surface area contributed by atoms with E-state index in [4.69, 9.17) is 32.7 Å². The maximum absolute atomic E-state index is 12.5. The summed E-state index contributed by atoms with van der Waals surface area (Å²) in [7, 11) is 1.52. The van der Waals surface area contributed by atoms with Crippen molar-refractivity contribution < 1.29 is 14.3 Å². The molecule has 0 spiro atoms. The van der Waals surface area contributed by atoms with Crippen LogP contribution in [0.15, 0.2) is 54.6 Å². The van der Waals surface area contributed by atoms with E-state index in [1.807, 2.05) is 30.3 Å². The third-order valence-electron chi connectivity index (χ3n) is 3.70. The zero-order valence-corrected chi connectivity index (χ0v) is 14.4. The highest BCUT2D eigenvalue weighted by Gasteiger charge is 2.16. The molecule has 0 atom stereocenters. The minimum absolute atomic E-state index is 0.00663. The fourth-order valence-corrected chi connectivity index (χ4v) is 2.94. The maximum Gasteiger partial charge on any atom is 0.342 e. The second-order valence-electron chi connectivity index (χ2n) is 5.18. The molecule has 3 aromatic rings. The number of carbonyl (C=O) groups excluding carboxylic acids is 1. The van der Waals surface area contributed by atoms with E-state index in [9.17, 15) is 4.79 Å². The first-order chi connectivity index (χ1) is 11.6. The number of esters is 1. The number of fused-ring (bicyclic) bond motifs is 1. The van der Waals surface area contributed by atoms with Gasteiger partial charge in [-0.05, 0) is 35.0 Å². The summed E-state index contributed by atoms with van der Waals surface area (Å²) in [5.74, 6) is -0.0301. The Labute approximate surface area is 149 Å². The SMILES string of the molecule is COc1cc2ccccc2cc1C(=O)OCc1c(Cl)cccc1Cl. The van der Waals surface area contributed by atoms with Gasteiger partial charge in [-0.15, -0.1) is 0 Å². The van der Waals surface area contributed by atoms with E-state index in [1.165, 1.54) is 7.11 Å². The molecule has 122 valence electrons. The lowest BCUT2D eigenvalue weighted by Gasteiger charge is -2.12. The standard InChI is InChI=1S/C19H14Cl2O3/c1-23-18-10-13-6-3-2-5-12(13)9-14(18)19(22)24-11-15-16(20)7-4-8-17(15)21/h2-10H,11H2,1H3. The van der Waals surface area contributed by atoms with Crippen LogP contribution in [0, 0.1) is 0 Å². The van der Waals surface area contributed by atoms with Crippen molar-refractivity contribution in [1.82, 2.24) is 0 Å². The molecule has 3 rings (SSSR count). The summed E-state index contributed by atoms with van der Waals surface area (Å²) in [6.45, 7) is -0.00663. The molecular weight excluding hydrogens is 347 g/mol. The Morgan fingerprint density at radius 2 is 1.58 bits per heavy atom. The van der Waals surface area contributed by atoms with E-state index in [0.717, 1.165) is 10.8 Å². The largest absolute Gasteiger partial charge is 0.496 e. The first-order valence-corrected chi connectivity index (χ1v) is 8.02. The highest BCUT2D eigenvalue weighted by molar-refractivity contribution is 6.35. The number of benzene rings is 3. The van der Waals surface area contributed by atoms with Crippen molar-refractivity contribution in [3.8, 4) is 5.75 Å². The molecule has 0 aromatic heterocycles. The minimum atomic E-state index is -0.492. The first-order valence-electron chi connectivity index (χ1n) is 7.27. The first kappa shape index (κ1) is 16.6. The molecule has 0 unspecified atom stereocenters. The van der Waals surface area contributed by atoms with Crippen molar-refractivity contribution >= 4 is 39.9 Å². The van der Waals surface area contributed by atoms with E-state index in [1.54, 1.807) is 24.3 Å². The third-order valence-corrected chi connectivity index (χ3v) is 4.41. The van der Waals surface area contributed by atoms with Gasteiger partial charge in [0.15, 0.2) is 0 Å². The van der Waals surface area contributed by atoms with E-state index in [0.29, 0.717) is 26.9 Å². The highest BCUT2D eigenvalue weighted by atomic mass is 35.5. The normalized spacial score (nSPS) is 10.6. The fraction of sp³-hybridized carbons (Fsp3) is 0.105. The molecule has 0 N–H and O–H groups in total. The molecule has 0 saturated carbocycles. The van der Waals surface area contributed by atoms with Crippen molar-refractivity contribution in [3.05, 3.63) is 75.8 Å². The number of rotatable bonds is 4. The molecule has 0 aliphatic carbocycles. The molecule has 0 radical (unpaired) electrons. The molecule has 3 nitrogen and oxygen atoms in total. The van der Waals surface area contributed by atoms with Gasteiger partial charge in [0.1, 0.15) is 17.9 Å². The Bertz CT molecular complexity index is 886. The molecule has 0 bridgehead atoms. The van der Waals surface area contributed by atoms with Crippen LogP contribution in [0.4, 0.5) is 0 Å². The monoisotopic (exact) mass is 360 g/mol. The predicted octanol–water partition coefficient (Wildman–Crippen LogP) is 5.51. The van der Waals surface area contributed by atoms with Crippen molar-refractivity contribution in [2.75, 3.05) is 7.11 Å². The summed E-state index contributed by atoms with van der Waals surface area (Å²) < 4.78 is 10.7. The minimum Gasteiger partial charge on any atom is -0.496 e. The van der Waals surface area contributed by atoms with Crippen molar-refractivity contribution in [2.24, 2.45) is 0 Å². The Morgan fingerprint density at radius 3 is 2.21 bits per heavy atom. The van der Waals surface area contributed by atoms with Gasteiger partial charge in [0.25, 0.3) is 0 Å². The lowest BCUT2D eigenvalue weighted by atomic mass is 10.1. The number of ether oxygens (including phenoxy) is 2. The van der Waals surface area contributed by atoms with Gasteiger partial charge in [0.2, 0.25) is 0 Å². The van der Waals surface area contributed by atoms with Gasteiger partial charge >= 0.3 is 5.97 Å². The number of carbonyl (C=O) groups is 1. The smallest absolute Gasteiger partial charge is 0.342 e. The van der Waals surface area contributed by atoms with Gasteiger partial charge in [-0.2, -0.15) is 0 Å². The zero-order chi connectivity index (χ0) is 17.1. The molecule has 5 heteroatoms. The summed E-state index contributed by atoms with van der Waals surface area (Å²) in [4.78, 5) is 12.5. The van der Waals surface area contributed by atoms with Crippen LogP contribution in [0.2, 0.25) is 10.0 Å². The molecule has 0 heterocycles. The Morgan fingerprint density at radius 1 is 0.958 bits per heavy atom. The number of hydrogen-bond donors (Lipinski definition) is 0. The third kappa shape index (κ3) is 3.32. The van der Waals surface area contributed by atoms with Crippen LogP contribution in [0.5, 0.6) is 5.75 Å². The average Bonchev–Trinajstić information content (AvgIpc) is 2.60. The summed E-state index contributed by atoms with van der Waals surface area (Å²) in [6, 6.07) is 16.4. The summed E-state index contributed by atoms with van der Waals surface area (Å²) in [5.41, 5.74) is 0.938. The Hall–Kier alpha value is -2.23. The summed E-state index contributed by atoms with van der Waals surface area (Å²) >= 11 is 12.2. The summed E-state index contributed by atoms with van der Waals surface area (Å²) in [6.07, 6.45) is 0. The quantitative estimate of drug-likeness (QED) is 0.575. The molecule has 0 amide bonds. The molecule has 0 saturated heterocycles. The maximum atomic E-state index is 12.5. The molecular formula is C19H14Cl2O3.